The van der Waals surface area contributed by atoms with Crippen LogP contribution in [0.25, 0.3) is 127 Å². The Hall–Kier alpha value is -10.9. The molecule has 0 saturated carbocycles. The first-order chi connectivity index (χ1) is 41.6. The van der Waals surface area contributed by atoms with Crippen molar-refractivity contribution in [2.24, 2.45) is 0 Å². The van der Waals surface area contributed by atoms with Crippen LogP contribution in [0.2, 0.25) is 0 Å². The number of aromatic nitrogens is 4. The highest BCUT2D eigenvalue weighted by molar-refractivity contribution is 6.90. The molecular weight excluding hydrogens is 1020 g/mol. The predicted octanol–water partition coefficient (Wildman–Crippen LogP) is 19.1. The first-order valence-electron chi connectivity index (χ1n) is 29.0. The minimum atomic E-state index is 0.0213. The van der Waals surface area contributed by atoms with E-state index in [9.17, 15) is 0 Å². The van der Waals surface area contributed by atoms with Crippen molar-refractivity contribution in [3.8, 4) is 33.9 Å². The number of fused-ring (bicyclic) bond motifs is 14. The van der Waals surface area contributed by atoms with Crippen LogP contribution >= 0.6 is 0 Å². The smallest absolute Gasteiger partial charge is 0.236 e. The van der Waals surface area contributed by atoms with Gasteiger partial charge in [-0.3, -0.25) is 0 Å². The molecule has 0 amide bonds. The topological polar surface area (TPSA) is 19.7 Å². The van der Waals surface area contributed by atoms with Crippen LogP contribution in [0.3, 0.4) is 0 Å². The molecule has 12 aromatic carbocycles. The van der Waals surface area contributed by atoms with Crippen LogP contribution in [0.15, 0.2) is 315 Å². The van der Waals surface area contributed by atoms with Gasteiger partial charge in [-0.15, -0.1) is 0 Å². The van der Waals surface area contributed by atoms with E-state index in [4.69, 9.17) is 0 Å². The summed E-state index contributed by atoms with van der Waals surface area (Å²) in [7, 11) is 0. The van der Waals surface area contributed by atoms with Crippen molar-refractivity contribution < 1.29 is 0 Å². The number of hydrogen-bond acceptors (Lipinski definition) is 0. The number of nitrogens with zero attached hydrogens (tertiary/aromatic N) is 4. The first kappa shape index (κ1) is 49.0. The molecule has 0 aliphatic heterocycles. The molecule has 4 nitrogen and oxygen atoms in total. The lowest BCUT2D eigenvalue weighted by molar-refractivity contribution is 1.15. The molecule has 16 rings (SSSR count). The largest absolute Gasteiger partial charge is 0.307 e. The Bertz CT molecular complexity index is 5320. The molecule has 5 heteroatoms. The lowest BCUT2D eigenvalue weighted by Crippen LogP contribution is -2.43. The molecule has 0 aliphatic rings. The fraction of sp³-hybridized carbons (Fsp3) is 0.0127. The van der Waals surface area contributed by atoms with Crippen molar-refractivity contribution >= 4 is 110 Å². The Balaban J connectivity index is 0.777. The maximum Gasteiger partial charge on any atom is 0.236 e. The molecule has 0 N–H and O–H groups in total. The molecule has 394 valence electrons. The molecule has 0 atom stereocenters. The average molecular weight is 1070 g/mol. The van der Waals surface area contributed by atoms with Crippen LogP contribution in [0, 0.1) is 0 Å². The number of hydrogen-bond donors (Lipinski definition) is 0. The molecule has 84 heavy (non-hydrogen) atoms. The molecule has 0 fully saturated rings. The zero-order valence-electron chi connectivity index (χ0n) is 46.4. The van der Waals surface area contributed by atoms with E-state index in [-0.39, 0.29) is 6.71 Å². The standard InChI is InChI=1S/C79H55BN4/c1-3-54(56-23-21-31-62(51-56)83-74-39-19-15-35-66(74)70-49-47-68-64-33-13-17-37-72(64)81(76(68)78(70)83)60-27-9-5-10-28-60)42-41-53(2)80(58-25-7-4-8-26-58)59-45-43-55(44-46-59)57-24-22-32-63(52-57)84-75-40-20-16-36-67(75)71-50-48-69-65-34-14-18-38-73(65)82(77(69)79(71)84)61-29-11-6-12-30-61/h3-52H,1H2,2H3/b53-41+,54-42+. The van der Waals surface area contributed by atoms with E-state index < -0.39 is 0 Å². The summed E-state index contributed by atoms with van der Waals surface area (Å²) in [6, 6.07) is 104. The van der Waals surface area contributed by atoms with E-state index in [1.807, 2.05) is 6.08 Å². The van der Waals surface area contributed by atoms with Crippen molar-refractivity contribution in [3.63, 3.8) is 0 Å². The Kier molecular flexibility index (Phi) is 11.7. The van der Waals surface area contributed by atoms with Gasteiger partial charge in [-0.2, -0.15) is 0 Å². The van der Waals surface area contributed by atoms with Gasteiger partial charge in [-0.25, -0.2) is 0 Å². The molecule has 0 unspecified atom stereocenters. The first-order valence-corrected chi connectivity index (χ1v) is 29.0. The minimum Gasteiger partial charge on any atom is -0.307 e. The SMILES string of the molecule is C=C/C(=C\C=C(/C)B(c1ccccc1)c1ccc(-c2cccc(-n3c4ccccc4c4ccc5c6ccccc6n(-c6ccccc6)c5c43)c2)cc1)c1cccc(-n2c3ccccc3c3ccc4c5ccccc5n(-c5ccccc5)c4c32)c1. The van der Waals surface area contributed by atoms with E-state index in [2.05, 4.69) is 329 Å². The summed E-state index contributed by atoms with van der Waals surface area (Å²) in [5.74, 6) is 0. The quantitative estimate of drug-likeness (QED) is 0.0909. The molecule has 0 saturated heterocycles. The van der Waals surface area contributed by atoms with Crippen molar-refractivity contribution in [1.29, 1.82) is 0 Å². The Morgan fingerprint density at radius 3 is 1.13 bits per heavy atom. The highest BCUT2D eigenvalue weighted by Gasteiger charge is 2.25. The van der Waals surface area contributed by atoms with Crippen LogP contribution < -0.4 is 10.9 Å². The van der Waals surface area contributed by atoms with Gasteiger partial charge >= 0.3 is 0 Å². The molecule has 4 aromatic heterocycles. The van der Waals surface area contributed by atoms with Gasteiger partial charge in [0, 0.05) is 65.8 Å². The van der Waals surface area contributed by atoms with Crippen molar-refractivity contribution in [2.45, 2.75) is 6.92 Å². The molecule has 0 spiro atoms. The third-order valence-electron chi connectivity index (χ3n) is 17.4. The summed E-state index contributed by atoms with van der Waals surface area (Å²) >= 11 is 0. The second kappa shape index (κ2) is 20.0. The number of rotatable bonds is 11. The van der Waals surface area contributed by atoms with Crippen molar-refractivity contribution in [1.82, 2.24) is 18.3 Å². The zero-order chi connectivity index (χ0) is 55.8. The van der Waals surface area contributed by atoms with Gasteiger partial charge < -0.3 is 18.3 Å². The van der Waals surface area contributed by atoms with E-state index in [0.29, 0.717) is 0 Å². The van der Waals surface area contributed by atoms with E-state index in [1.54, 1.807) is 0 Å². The van der Waals surface area contributed by atoms with Crippen LogP contribution in [0.1, 0.15) is 12.5 Å². The number of para-hydroxylation sites is 6. The third-order valence-corrected chi connectivity index (χ3v) is 17.4. The van der Waals surface area contributed by atoms with E-state index in [1.165, 1.54) is 104 Å². The Morgan fingerprint density at radius 2 is 0.679 bits per heavy atom. The molecule has 16 aromatic rings. The predicted molar refractivity (Wildman–Crippen MR) is 359 cm³/mol. The minimum absolute atomic E-state index is 0.0213. The monoisotopic (exact) mass is 1070 g/mol. The third kappa shape index (κ3) is 7.77. The van der Waals surface area contributed by atoms with Crippen LogP contribution in [-0.2, 0) is 0 Å². The fourth-order valence-electron chi connectivity index (χ4n) is 13.7. The second-order valence-corrected chi connectivity index (χ2v) is 22.1. The normalized spacial score (nSPS) is 12.3. The summed E-state index contributed by atoms with van der Waals surface area (Å²) in [5, 5.41) is 9.86. The number of benzene rings is 12. The van der Waals surface area contributed by atoms with Gasteiger partial charge in [0.25, 0.3) is 0 Å². The van der Waals surface area contributed by atoms with Gasteiger partial charge in [-0.05, 0) is 95.1 Å². The van der Waals surface area contributed by atoms with Crippen LogP contribution in [-0.4, -0.2) is 25.0 Å². The Morgan fingerprint density at radius 1 is 0.310 bits per heavy atom. The fourth-order valence-corrected chi connectivity index (χ4v) is 13.7. The summed E-state index contributed by atoms with van der Waals surface area (Å²) in [5.41, 5.74) is 22.2. The highest BCUT2D eigenvalue weighted by Crippen LogP contribution is 2.44. The van der Waals surface area contributed by atoms with Crippen LogP contribution in [0.4, 0.5) is 0 Å². The zero-order valence-corrected chi connectivity index (χ0v) is 46.4. The van der Waals surface area contributed by atoms with Gasteiger partial charge in [0.15, 0.2) is 0 Å². The van der Waals surface area contributed by atoms with Crippen LogP contribution in [0.5, 0.6) is 0 Å². The van der Waals surface area contributed by atoms with Crippen molar-refractivity contribution in [3.05, 3.63) is 321 Å². The maximum absolute atomic E-state index is 4.40. The summed E-state index contributed by atoms with van der Waals surface area (Å²) in [4.78, 5) is 0. The molecule has 0 radical (unpaired) electrons. The van der Waals surface area contributed by atoms with Gasteiger partial charge in [0.1, 0.15) is 0 Å². The maximum atomic E-state index is 4.40. The average Bonchev–Trinajstić information content (AvgIpc) is 1.96. The summed E-state index contributed by atoms with van der Waals surface area (Å²) in [6.07, 6.45) is 6.53. The molecule has 0 bridgehead atoms. The van der Waals surface area contributed by atoms with Gasteiger partial charge in [0.05, 0.1) is 44.1 Å². The van der Waals surface area contributed by atoms with Gasteiger partial charge in [0.2, 0.25) is 6.71 Å². The lowest BCUT2D eigenvalue weighted by atomic mass is 9.36. The second-order valence-electron chi connectivity index (χ2n) is 22.1. The summed E-state index contributed by atoms with van der Waals surface area (Å²) in [6.45, 7) is 6.68. The van der Waals surface area contributed by atoms with Gasteiger partial charge in [-0.1, -0.05) is 260 Å². The number of allylic oxidation sites excluding steroid dienone is 5. The summed E-state index contributed by atoms with van der Waals surface area (Å²) < 4.78 is 9.85. The lowest BCUT2D eigenvalue weighted by Gasteiger charge is -2.17. The molecular formula is C79H55BN4. The highest BCUT2D eigenvalue weighted by atomic mass is 15.1. The molecule has 4 heterocycles. The molecule has 0 aliphatic carbocycles. The van der Waals surface area contributed by atoms with Crippen molar-refractivity contribution in [2.75, 3.05) is 0 Å². The van der Waals surface area contributed by atoms with E-state index in [0.717, 1.165) is 45.0 Å². The van der Waals surface area contributed by atoms with E-state index >= 15 is 0 Å². The Labute approximate surface area is 487 Å².